The minimum atomic E-state index is -4.45. The molecule has 16 rings (SSSR count). The molecule has 2 bridgehead atoms. The van der Waals surface area contributed by atoms with Crippen LogP contribution in [0.1, 0.15) is 184 Å². The van der Waals surface area contributed by atoms with Crippen LogP contribution in [0.3, 0.4) is 0 Å². The lowest BCUT2D eigenvalue weighted by Crippen LogP contribution is -2.51. The van der Waals surface area contributed by atoms with Gasteiger partial charge in [-0.1, -0.05) is 57.6 Å². The van der Waals surface area contributed by atoms with Crippen molar-refractivity contribution in [1.82, 2.24) is 47.2 Å². The Morgan fingerprint density at radius 1 is 0.626 bits per heavy atom. The van der Waals surface area contributed by atoms with Gasteiger partial charge in [-0.15, -0.1) is 0 Å². The average molecular weight is 1390 g/mol. The summed E-state index contributed by atoms with van der Waals surface area (Å²) < 4.78 is 83.9. The second-order valence-electron chi connectivity index (χ2n) is 31.4. The number of rotatable bonds is 17. The molecule has 10 aliphatic rings. The molecule has 0 spiro atoms. The number of fused-ring (bicyclic) bond motifs is 17. The quantitative estimate of drug-likeness (QED) is 0.0771. The number of piperazine rings is 1. The number of likely N-dealkylation sites (N-methyl/N-ethyl adjacent to an activating group) is 2. The lowest BCUT2D eigenvalue weighted by Gasteiger charge is -2.36. The van der Waals surface area contributed by atoms with Crippen LogP contribution in [0.4, 0.5) is 4.79 Å². The minimum Gasteiger partial charge on any atom is -0.497 e. The maximum Gasteiger partial charge on any atom is 0.407 e. The van der Waals surface area contributed by atoms with Crippen molar-refractivity contribution < 1.29 is 55.0 Å². The van der Waals surface area contributed by atoms with E-state index in [1.807, 2.05) is 56.0 Å². The number of ether oxygens (including phenoxy) is 3. The number of alkyl carbamates (subject to hydrolysis) is 1. The maximum absolute atomic E-state index is 15.6. The number of nitrogens with zero attached hydrogens (tertiary/aromatic N) is 7. The summed E-state index contributed by atoms with van der Waals surface area (Å²) in [7, 11) is -2.74. The van der Waals surface area contributed by atoms with Gasteiger partial charge in [0.1, 0.15) is 23.7 Å². The first-order valence-corrected chi connectivity index (χ1v) is 38.8. The summed E-state index contributed by atoms with van der Waals surface area (Å²) in [5.74, 6) is 0.105. The predicted molar refractivity (Wildman–Crippen MR) is 375 cm³/mol. The monoisotopic (exact) mass is 1390 g/mol. The van der Waals surface area contributed by atoms with E-state index in [4.69, 9.17) is 14.2 Å². The van der Waals surface area contributed by atoms with Crippen LogP contribution >= 0.6 is 0 Å². The van der Waals surface area contributed by atoms with E-state index in [-0.39, 0.29) is 83.8 Å². The van der Waals surface area contributed by atoms with E-state index in [1.54, 1.807) is 31.4 Å². The van der Waals surface area contributed by atoms with Gasteiger partial charge < -0.3 is 38.5 Å². The second kappa shape index (κ2) is 24.1. The molecule has 526 valence electrons. The van der Waals surface area contributed by atoms with Crippen LogP contribution in [0.15, 0.2) is 72.8 Å². The summed E-state index contributed by atoms with van der Waals surface area (Å²) in [6.07, 6.45) is 13.0. The number of likely N-dealkylation sites (tertiary alicyclic amines) is 3. The highest BCUT2D eigenvalue weighted by atomic mass is 32.2. The SMILES string of the molecule is CCN1C[C@H]2C[C@@H]1CN2C(=O)C12CC1c1cc(OCCN(C)S(=O)(=O)NC(=O)c3ccc4c(C5CCCCC5)c5n(c4c3)CC3(C(=O)N4C[C@@H](NC(=O)OC(C)(C)C)C6C[C@H]64)CC3c3cc(OC)ccc3-5)ccc1-c1c(C3CCCCC3)c3ccc(C(=O)NS(=O)(=O)N(C)C)cc3n1C2. The molecular formula is C75H92N10O12S2. The highest BCUT2D eigenvalue weighted by Gasteiger charge is 2.68. The van der Waals surface area contributed by atoms with Crippen molar-refractivity contribution in [3.8, 4) is 34.0 Å². The molecule has 6 aromatic rings. The number of methoxy groups -OCH3 is 1. The molecule has 24 heteroatoms. The largest absolute Gasteiger partial charge is 0.497 e. The number of hydrogen-bond donors (Lipinski definition) is 3. The fraction of sp³-hybridized carbons (Fsp3) is 0.560. The third kappa shape index (κ3) is 11.2. The summed E-state index contributed by atoms with van der Waals surface area (Å²) in [5.41, 5.74) is 7.96. The minimum absolute atomic E-state index is 0.00684. The van der Waals surface area contributed by atoms with Crippen molar-refractivity contribution in [2.75, 3.05) is 67.6 Å². The molecule has 5 aliphatic heterocycles. The zero-order chi connectivity index (χ0) is 69.1. The van der Waals surface area contributed by atoms with Crippen LogP contribution < -0.4 is 24.2 Å². The number of piperidine rings is 1. The summed E-state index contributed by atoms with van der Waals surface area (Å²) in [6.45, 7) is 11.0. The molecule has 2 aromatic heterocycles. The standard InChI is InChI=1S/C75H92N10O12S2/c1-9-81-38-48-32-47(81)39-82(48)70(88)74-36-59(74)56-34-50(23-27-52(56)67-65(44-18-14-11-15-19-44)53-24-20-45(30-61(53)84(67)41-74)68(86)77-98(91,92)79(5)6)96-29-28-80(7)99(93,94)78-69(87)46-21-25-54-62(31-46)85-42-75(71(89)83-40-60(57-35-63(57)83)76-72(90)97-73(2,3)4)37-58(75)55-33-49(95-8)22-26-51(55)66(85)64(54)43-16-12-10-13-17-43/h20-27,30-31,33-34,43-44,47-48,57-60,63H,9-19,28-29,32,35-42H2,1-8H3,(H,76,90)(H,77,86)(H,78,87)/t47-,48-,57?,58?,59?,60-,63-,74?,75?/m1/s1. The smallest absolute Gasteiger partial charge is 0.407 e. The molecule has 5 saturated carbocycles. The van der Waals surface area contributed by atoms with Crippen LogP contribution in [0.5, 0.6) is 11.5 Å². The number of carbonyl (C=O) groups excluding carboxylic acids is 5. The third-order valence-electron chi connectivity index (χ3n) is 24.3. The summed E-state index contributed by atoms with van der Waals surface area (Å²) in [5, 5.41) is 5.02. The van der Waals surface area contributed by atoms with E-state index in [0.29, 0.717) is 56.6 Å². The normalized spacial score (nSPS) is 26.9. The van der Waals surface area contributed by atoms with Gasteiger partial charge >= 0.3 is 26.5 Å². The van der Waals surface area contributed by atoms with Crippen molar-refractivity contribution in [3.63, 3.8) is 0 Å². The van der Waals surface area contributed by atoms with Crippen molar-refractivity contribution >= 4 is 71.9 Å². The van der Waals surface area contributed by atoms with Crippen LogP contribution in [0, 0.1) is 16.7 Å². The molecule has 8 fully saturated rings. The molecule has 7 heterocycles. The second-order valence-corrected chi connectivity index (χ2v) is 35.1. The first-order chi connectivity index (χ1) is 47.3. The molecule has 3 saturated heterocycles. The highest BCUT2D eigenvalue weighted by Crippen LogP contribution is 2.69. The van der Waals surface area contributed by atoms with Crippen molar-refractivity contribution in [3.05, 3.63) is 106 Å². The number of amides is 5. The molecule has 99 heavy (non-hydrogen) atoms. The summed E-state index contributed by atoms with van der Waals surface area (Å²) in [4.78, 5) is 79.2. The fourth-order valence-corrected chi connectivity index (χ4v) is 20.4. The number of aromatic nitrogens is 2. The van der Waals surface area contributed by atoms with E-state index >= 15 is 9.59 Å². The van der Waals surface area contributed by atoms with Gasteiger partial charge in [0.2, 0.25) is 11.8 Å². The first kappa shape index (κ1) is 66.1. The predicted octanol–water partition coefficient (Wildman–Crippen LogP) is 9.96. The van der Waals surface area contributed by atoms with Gasteiger partial charge in [0.15, 0.2) is 0 Å². The Kier molecular flexibility index (Phi) is 16.1. The molecule has 22 nitrogen and oxygen atoms in total. The molecule has 5 aliphatic carbocycles. The lowest BCUT2D eigenvalue weighted by molar-refractivity contribution is -0.140. The Morgan fingerprint density at radius 3 is 1.68 bits per heavy atom. The fourth-order valence-electron chi connectivity index (χ4n) is 19.0. The van der Waals surface area contributed by atoms with Gasteiger partial charge in [-0.3, -0.25) is 24.1 Å². The van der Waals surface area contributed by atoms with Gasteiger partial charge in [-0.2, -0.15) is 25.4 Å². The van der Waals surface area contributed by atoms with Gasteiger partial charge in [0, 0.05) is 140 Å². The molecule has 0 radical (unpaired) electrons. The summed E-state index contributed by atoms with van der Waals surface area (Å²) >= 11 is 0. The van der Waals surface area contributed by atoms with Crippen LogP contribution in [-0.2, 0) is 47.8 Å². The molecule has 5 amide bonds. The number of carbonyl (C=O) groups is 5. The van der Waals surface area contributed by atoms with E-state index in [2.05, 4.69) is 58.8 Å². The molecule has 3 N–H and O–H groups in total. The van der Waals surface area contributed by atoms with Crippen LogP contribution in [-0.4, -0.2) is 176 Å². The van der Waals surface area contributed by atoms with Crippen LogP contribution in [0.25, 0.3) is 44.3 Å². The Labute approximate surface area is 579 Å². The van der Waals surface area contributed by atoms with Gasteiger partial charge in [0.25, 0.3) is 11.8 Å². The van der Waals surface area contributed by atoms with Crippen molar-refractivity contribution in [2.24, 2.45) is 16.7 Å². The summed E-state index contributed by atoms with van der Waals surface area (Å²) in [6, 6.07) is 23.2. The van der Waals surface area contributed by atoms with Gasteiger partial charge in [0.05, 0.1) is 35.4 Å². The van der Waals surface area contributed by atoms with Crippen molar-refractivity contribution in [2.45, 2.75) is 184 Å². The molecule has 9 atom stereocenters. The number of nitrogens with one attached hydrogen (secondary N) is 3. The average Bonchev–Trinajstić information content (AvgIpc) is 1.52. The number of hydrogen-bond acceptors (Lipinski definition) is 13. The topological polar surface area (TPSA) is 243 Å². The van der Waals surface area contributed by atoms with Crippen LogP contribution in [0.2, 0.25) is 0 Å². The number of benzene rings is 4. The van der Waals surface area contributed by atoms with Gasteiger partial charge in [-0.25, -0.2) is 14.2 Å². The molecular weight excluding hydrogens is 1300 g/mol. The van der Waals surface area contributed by atoms with E-state index in [1.165, 1.54) is 32.3 Å². The van der Waals surface area contributed by atoms with E-state index in [9.17, 15) is 31.2 Å². The Morgan fingerprint density at radius 2 is 1.16 bits per heavy atom. The van der Waals surface area contributed by atoms with E-state index < -0.39 is 54.8 Å². The van der Waals surface area contributed by atoms with Gasteiger partial charge in [-0.05, 0) is 173 Å². The highest BCUT2D eigenvalue weighted by molar-refractivity contribution is 7.88. The molecule has 5 unspecified atom stereocenters. The third-order valence-corrected chi connectivity index (χ3v) is 27.1. The maximum atomic E-state index is 15.6. The first-order valence-electron chi connectivity index (χ1n) is 36.0. The Hall–Kier alpha value is -7.51. The zero-order valence-corrected chi connectivity index (χ0v) is 59.7. The van der Waals surface area contributed by atoms with Crippen molar-refractivity contribution in [1.29, 1.82) is 0 Å². The molecule has 4 aromatic carbocycles. The lowest BCUT2D eigenvalue weighted by atomic mass is 9.81. The Balaban J connectivity index is 0.680. The Bertz CT molecular complexity index is 4600. The zero-order valence-electron chi connectivity index (χ0n) is 58.0. The van der Waals surface area contributed by atoms with E-state index in [0.717, 1.165) is 154 Å².